The molecule has 0 aliphatic carbocycles. The van der Waals surface area contributed by atoms with Crippen LogP contribution in [0.2, 0.25) is 0 Å². The van der Waals surface area contributed by atoms with Gasteiger partial charge in [-0.3, -0.25) is 0 Å². The number of ether oxygens (including phenoxy) is 3. The van der Waals surface area contributed by atoms with Crippen LogP contribution in [0.5, 0.6) is 11.5 Å². The van der Waals surface area contributed by atoms with E-state index in [0.717, 1.165) is 24.8 Å². The maximum absolute atomic E-state index is 12.9. The molecule has 9 nitrogen and oxygen atoms in total. The highest BCUT2D eigenvalue weighted by atomic mass is 16.5. The van der Waals surface area contributed by atoms with Crippen molar-refractivity contribution in [2.75, 3.05) is 26.1 Å². The molecule has 1 aromatic carbocycles. The molecule has 9 heteroatoms. The van der Waals surface area contributed by atoms with Gasteiger partial charge in [0.2, 0.25) is 5.95 Å². The average Bonchev–Trinajstić information content (AvgIpc) is 3.17. The van der Waals surface area contributed by atoms with Crippen molar-refractivity contribution < 1.29 is 19.0 Å². The third-order valence-electron chi connectivity index (χ3n) is 4.64. The molecule has 3 rings (SSSR count). The van der Waals surface area contributed by atoms with Crippen LogP contribution in [-0.2, 0) is 9.53 Å². The summed E-state index contributed by atoms with van der Waals surface area (Å²) in [5.74, 6) is 1.23. The number of rotatable bonds is 8. The first-order chi connectivity index (χ1) is 13.6. The summed E-state index contributed by atoms with van der Waals surface area (Å²) in [4.78, 5) is 12.9. The number of nitrogens with one attached hydrogen (secondary N) is 1. The predicted molar refractivity (Wildman–Crippen MR) is 102 cm³/mol. The molecule has 1 aliphatic rings. The quantitative estimate of drug-likeness (QED) is 0.545. The molecule has 2 aromatic rings. The normalized spacial score (nSPS) is 15.6. The number of methoxy groups -OCH3 is 2. The van der Waals surface area contributed by atoms with E-state index in [1.54, 1.807) is 25.0 Å². The van der Waals surface area contributed by atoms with Crippen molar-refractivity contribution in [3.63, 3.8) is 0 Å². The van der Waals surface area contributed by atoms with Crippen LogP contribution in [-0.4, -0.2) is 47.0 Å². The average molecular weight is 387 g/mol. The van der Waals surface area contributed by atoms with E-state index < -0.39 is 6.04 Å². The second kappa shape index (κ2) is 8.73. The minimum absolute atomic E-state index is 0.380. The molecule has 0 saturated heterocycles. The van der Waals surface area contributed by atoms with Gasteiger partial charge in [-0.1, -0.05) is 30.9 Å². The number of allylic oxidation sites excluding steroid dienone is 1. The van der Waals surface area contributed by atoms with Crippen molar-refractivity contribution in [1.82, 2.24) is 20.2 Å². The molecule has 1 aliphatic heterocycles. The molecule has 1 aromatic heterocycles. The Morgan fingerprint density at radius 3 is 2.71 bits per heavy atom. The van der Waals surface area contributed by atoms with E-state index in [-0.39, 0.29) is 5.97 Å². The summed E-state index contributed by atoms with van der Waals surface area (Å²) < 4.78 is 17.8. The van der Waals surface area contributed by atoms with Crippen molar-refractivity contribution in [3.05, 3.63) is 35.0 Å². The summed E-state index contributed by atoms with van der Waals surface area (Å²) in [6, 6.07) is 4.93. The van der Waals surface area contributed by atoms with Crippen LogP contribution in [0.3, 0.4) is 0 Å². The van der Waals surface area contributed by atoms with Gasteiger partial charge in [0, 0.05) is 5.70 Å². The van der Waals surface area contributed by atoms with Gasteiger partial charge in [-0.25, -0.2) is 4.79 Å². The number of hydrogen-bond acceptors (Lipinski definition) is 8. The van der Waals surface area contributed by atoms with Gasteiger partial charge in [-0.2, -0.15) is 4.68 Å². The molecule has 0 amide bonds. The number of anilines is 1. The number of fused-ring (bicyclic) bond motifs is 1. The lowest BCUT2D eigenvalue weighted by atomic mass is 9.95. The molecule has 0 radical (unpaired) electrons. The second-order valence-corrected chi connectivity index (χ2v) is 6.47. The molecule has 0 bridgehead atoms. The van der Waals surface area contributed by atoms with Gasteiger partial charge in [0.15, 0.2) is 11.5 Å². The number of carbonyl (C=O) groups excluding carboxylic acids is 1. The van der Waals surface area contributed by atoms with Gasteiger partial charge in [0.05, 0.1) is 26.4 Å². The van der Waals surface area contributed by atoms with E-state index >= 15 is 0 Å². The van der Waals surface area contributed by atoms with Crippen molar-refractivity contribution in [3.8, 4) is 11.5 Å². The van der Waals surface area contributed by atoms with Crippen molar-refractivity contribution in [1.29, 1.82) is 0 Å². The number of aromatic nitrogens is 4. The zero-order valence-electron chi connectivity index (χ0n) is 16.6. The maximum atomic E-state index is 12.9. The molecule has 2 heterocycles. The molecule has 0 spiro atoms. The Morgan fingerprint density at radius 2 is 2.00 bits per heavy atom. The first-order valence-electron chi connectivity index (χ1n) is 9.25. The number of unbranched alkanes of at least 4 members (excludes halogenated alkanes) is 2. The van der Waals surface area contributed by atoms with Gasteiger partial charge in [-0.05, 0) is 41.5 Å². The zero-order valence-corrected chi connectivity index (χ0v) is 16.6. The molecule has 150 valence electrons. The highest BCUT2D eigenvalue weighted by molar-refractivity contribution is 5.92. The molecule has 28 heavy (non-hydrogen) atoms. The van der Waals surface area contributed by atoms with Gasteiger partial charge >= 0.3 is 5.97 Å². The van der Waals surface area contributed by atoms with Gasteiger partial charge < -0.3 is 19.5 Å². The summed E-state index contributed by atoms with van der Waals surface area (Å²) in [6.07, 6.45) is 2.90. The van der Waals surface area contributed by atoms with Crippen molar-refractivity contribution in [2.24, 2.45) is 0 Å². The second-order valence-electron chi connectivity index (χ2n) is 6.47. The fourth-order valence-electron chi connectivity index (χ4n) is 3.20. The van der Waals surface area contributed by atoms with E-state index in [4.69, 9.17) is 14.2 Å². The van der Waals surface area contributed by atoms with Crippen LogP contribution in [0.15, 0.2) is 29.5 Å². The van der Waals surface area contributed by atoms with Crippen molar-refractivity contribution in [2.45, 2.75) is 39.2 Å². The minimum Gasteiger partial charge on any atom is -0.493 e. The number of benzene rings is 1. The van der Waals surface area contributed by atoms with E-state index in [2.05, 4.69) is 27.8 Å². The van der Waals surface area contributed by atoms with Gasteiger partial charge in [0.25, 0.3) is 0 Å². The molecule has 0 saturated carbocycles. The molecule has 0 fully saturated rings. The molecule has 1 atom stereocenters. The van der Waals surface area contributed by atoms with E-state index in [9.17, 15) is 4.79 Å². The lowest BCUT2D eigenvalue weighted by Gasteiger charge is -2.27. The summed E-state index contributed by atoms with van der Waals surface area (Å²) in [6.45, 7) is 4.30. The molecular weight excluding hydrogens is 362 g/mol. The number of nitrogens with zero attached hydrogens (tertiary/aromatic N) is 4. The lowest BCUT2D eigenvalue weighted by Crippen LogP contribution is -2.30. The molecule has 1 unspecified atom stereocenters. The van der Waals surface area contributed by atoms with E-state index in [0.29, 0.717) is 35.3 Å². The third-order valence-corrected chi connectivity index (χ3v) is 4.64. The van der Waals surface area contributed by atoms with Crippen LogP contribution in [0, 0.1) is 0 Å². The van der Waals surface area contributed by atoms with Crippen LogP contribution in [0.4, 0.5) is 5.95 Å². The zero-order chi connectivity index (χ0) is 20.1. The molecule has 1 N–H and O–H groups in total. The van der Waals surface area contributed by atoms with Gasteiger partial charge in [-0.15, -0.1) is 0 Å². The lowest BCUT2D eigenvalue weighted by molar-refractivity contribution is -0.139. The fourth-order valence-corrected chi connectivity index (χ4v) is 3.20. The summed E-state index contributed by atoms with van der Waals surface area (Å²) >= 11 is 0. The number of hydrogen-bond donors (Lipinski definition) is 1. The summed E-state index contributed by atoms with van der Waals surface area (Å²) in [7, 11) is 3.14. The maximum Gasteiger partial charge on any atom is 0.338 e. The van der Waals surface area contributed by atoms with E-state index in [1.165, 1.54) is 0 Å². The summed E-state index contributed by atoms with van der Waals surface area (Å²) in [5.41, 5.74) is 1.90. The smallest absolute Gasteiger partial charge is 0.338 e. The largest absolute Gasteiger partial charge is 0.493 e. The Labute approximate surface area is 163 Å². The number of esters is 1. The third kappa shape index (κ3) is 3.78. The Kier molecular flexibility index (Phi) is 6.13. The van der Waals surface area contributed by atoms with Crippen LogP contribution < -0.4 is 14.8 Å². The minimum atomic E-state index is -0.537. The van der Waals surface area contributed by atoms with Crippen molar-refractivity contribution >= 4 is 11.9 Å². The Morgan fingerprint density at radius 1 is 1.21 bits per heavy atom. The Hall–Kier alpha value is -3.10. The Bertz CT molecular complexity index is 877. The molecular formula is C19H25N5O4. The SMILES string of the molecule is CCCCCOC(=O)C1=C(C)Nc2nnnn2C1c1ccc(OC)c(OC)c1. The highest BCUT2D eigenvalue weighted by Crippen LogP contribution is 2.38. The Balaban J connectivity index is 1.99. The first-order valence-corrected chi connectivity index (χ1v) is 9.25. The van der Waals surface area contributed by atoms with Crippen LogP contribution >= 0.6 is 0 Å². The first kappa shape index (κ1) is 19.7. The number of tetrazole rings is 1. The van der Waals surface area contributed by atoms with Crippen LogP contribution in [0.1, 0.15) is 44.7 Å². The summed E-state index contributed by atoms with van der Waals surface area (Å²) in [5, 5.41) is 14.9. The predicted octanol–water partition coefficient (Wildman–Crippen LogP) is 2.71. The van der Waals surface area contributed by atoms with Gasteiger partial charge in [0.1, 0.15) is 6.04 Å². The standard InChI is InChI=1S/C19H25N5O4/c1-5-6-7-10-28-18(25)16-12(2)20-19-21-22-23-24(19)17(16)13-8-9-14(26-3)15(11-13)27-4/h8-9,11,17H,5-7,10H2,1-4H3,(H,20,21,23). The monoisotopic (exact) mass is 387 g/mol. The fraction of sp³-hybridized carbons (Fsp3) is 0.474. The van der Waals surface area contributed by atoms with E-state index in [1.807, 2.05) is 19.1 Å². The van der Waals surface area contributed by atoms with Crippen LogP contribution in [0.25, 0.3) is 0 Å². The number of carbonyl (C=O) groups is 1. The topological polar surface area (TPSA) is 100 Å². The highest BCUT2D eigenvalue weighted by Gasteiger charge is 2.35.